The zero-order valence-corrected chi connectivity index (χ0v) is 11.6. The lowest BCUT2D eigenvalue weighted by atomic mass is 9.95. The van der Waals surface area contributed by atoms with E-state index in [1.165, 1.54) is 4.31 Å². The molecule has 0 saturated carbocycles. The summed E-state index contributed by atoms with van der Waals surface area (Å²) in [5, 5.41) is 0. The van der Waals surface area contributed by atoms with Gasteiger partial charge in [0.1, 0.15) is 0 Å². The van der Waals surface area contributed by atoms with E-state index in [1.54, 1.807) is 0 Å². The molecule has 1 fully saturated rings. The predicted octanol–water partition coefficient (Wildman–Crippen LogP) is 1.72. The average Bonchev–Trinajstić information content (AvgIpc) is 2.28. The van der Waals surface area contributed by atoms with Gasteiger partial charge >= 0.3 is 6.18 Å². The molecule has 0 aromatic heterocycles. The molecule has 1 aliphatic rings. The Morgan fingerprint density at radius 1 is 1.21 bits per heavy atom. The Kier molecular flexibility index (Phi) is 6.07. The van der Waals surface area contributed by atoms with E-state index >= 15 is 0 Å². The third kappa shape index (κ3) is 6.09. The second-order valence-electron chi connectivity index (χ2n) is 4.95. The maximum absolute atomic E-state index is 12.0. The largest absolute Gasteiger partial charge is 0.389 e. The standard InChI is InChI=1S/C11H21F3N2O2S/c12-11(13,14)5-1-9-19(17,18)16-7-3-10(2-6-15)4-8-16/h10H,1-9,15H2. The van der Waals surface area contributed by atoms with Crippen LogP contribution in [0.2, 0.25) is 0 Å². The maximum Gasteiger partial charge on any atom is 0.389 e. The van der Waals surface area contributed by atoms with Gasteiger partial charge in [-0.1, -0.05) is 0 Å². The second kappa shape index (κ2) is 6.90. The Morgan fingerprint density at radius 3 is 2.26 bits per heavy atom. The van der Waals surface area contributed by atoms with Crippen molar-refractivity contribution in [3.63, 3.8) is 0 Å². The molecule has 0 bridgehead atoms. The first-order valence-electron chi connectivity index (χ1n) is 6.49. The summed E-state index contributed by atoms with van der Waals surface area (Å²) in [6.07, 6.45) is -3.33. The van der Waals surface area contributed by atoms with Gasteiger partial charge in [0, 0.05) is 19.5 Å². The van der Waals surface area contributed by atoms with Crippen LogP contribution in [-0.2, 0) is 10.0 Å². The van der Waals surface area contributed by atoms with E-state index in [0.717, 1.165) is 19.3 Å². The fraction of sp³-hybridized carbons (Fsp3) is 1.00. The minimum Gasteiger partial charge on any atom is -0.330 e. The predicted molar refractivity (Wildman–Crippen MR) is 67.0 cm³/mol. The number of hydrogen-bond acceptors (Lipinski definition) is 3. The second-order valence-corrected chi connectivity index (χ2v) is 7.04. The fourth-order valence-electron chi connectivity index (χ4n) is 2.30. The van der Waals surface area contributed by atoms with Crippen molar-refractivity contribution >= 4 is 10.0 Å². The summed E-state index contributed by atoms with van der Waals surface area (Å²) in [5.74, 6) is 0.0141. The van der Waals surface area contributed by atoms with Crippen LogP contribution in [0.5, 0.6) is 0 Å². The molecule has 1 saturated heterocycles. The van der Waals surface area contributed by atoms with E-state index < -0.39 is 28.4 Å². The molecule has 1 aliphatic heterocycles. The minimum absolute atomic E-state index is 0.367. The lowest BCUT2D eigenvalue weighted by Gasteiger charge is -2.31. The first-order chi connectivity index (χ1) is 8.74. The SMILES string of the molecule is NCCC1CCN(S(=O)(=O)CCCC(F)(F)F)CC1. The van der Waals surface area contributed by atoms with Crippen LogP contribution >= 0.6 is 0 Å². The average molecular weight is 302 g/mol. The van der Waals surface area contributed by atoms with Crippen molar-refractivity contribution in [2.75, 3.05) is 25.4 Å². The highest BCUT2D eigenvalue weighted by Crippen LogP contribution is 2.24. The molecule has 1 rings (SSSR count). The number of hydrogen-bond donors (Lipinski definition) is 1. The Hall–Kier alpha value is -0.340. The monoisotopic (exact) mass is 302 g/mol. The van der Waals surface area contributed by atoms with Gasteiger partial charge in [0.25, 0.3) is 0 Å². The zero-order valence-electron chi connectivity index (χ0n) is 10.8. The summed E-state index contributed by atoms with van der Waals surface area (Å²) >= 11 is 0. The number of piperidine rings is 1. The van der Waals surface area contributed by atoms with Crippen molar-refractivity contribution < 1.29 is 21.6 Å². The summed E-state index contributed by atoms with van der Waals surface area (Å²) in [4.78, 5) is 0. The molecule has 4 nitrogen and oxygen atoms in total. The van der Waals surface area contributed by atoms with Crippen molar-refractivity contribution in [1.29, 1.82) is 0 Å². The molecule has 0 amide bonds. The van der Waals surface area contributed by atoms with Gasteiger partial charge in [0.05, 0.1) is 5.75 Å². The van der Waals surface area contributed by atoms with E-state index in [4.69, 9.17) is 5.73 Å². The third-order valence-electron chi connectivity index (χ3n) is 3.40. The van der Waals surface area contributed by atoms with Crippen LogP contribution in [-0.4, -0.2) is 44.3 Å². The van der Waals surface area contributed by atoms with Crippen LogP contribution in [0.4, 0.5) is 13.2 Å². The van der Waals surface area contributed by atoms with E-state index in [2.05, 4.69) is 0 Å². The number of halogens is 3. The molecule has 0 aromatic rings. The Bertz CT molecular complexity index is 363. The van der Waals surface area contributed by atoms with Gasteiger partial charge in [-0.25, -0.2) is 12.7 Å². The topological polar surface area (TPSA) is 63.4 Å². The molecule has 2 N–H and O–H groups in total. The van der Waals surface area contributed by atoms with Crippen LogP contribution in [0.25, 0.3) is 0 Å². The molecule has 19 heavy (non-hydrogen) atoms. The lowest BCUT2D eigenvalue weighted by Crippen LogP contribution is -2.40. The molecule has 0 aromatic carbocycles. The van der Waals surface area contributed by atoms with E-state index in [9.17, 15) is 21.6 Å². The highest BCUT2D eigenvalue weighted by Gasteiger charge is 2.30. The van der Waals surface area contributed by atoms with Crippen molar-refractivity contribution in [1.82, 2.24) is 4.31 Å². The van der Waals surface area contributed by atoms with Crippen molar-refractivity contribution in [3.8, 4) is 0 Å². The highest BCUT2D eigenvalue weighted by atomic mass is 32.2. The smallest absolute Gasteiger partial charge is 0.330 e. The third-order valence-corrected chi connectivity index (χ3v) is 5.36. The van der Waals surface area contributed by atoms with Gasteiger partial charge in [-0.2, -0.15) is 13.2 Å². The van der Waals surface area contributed by atoms with Gasteiger partial charge in [-0.05, 0) is 38.1 Å². The Morgan fingerprint density at radius 2 is 1.79 bits per heavy atom. The van der Waals surface area contributed by atoms with Gasteiger partial charge in [-0.3, -0.25) is 0 Å². The highest BCUT2D eigenvalue weighted by molar-refractivity contribution is 7.89. The molecule has 114 valence electrons. The first kappa shape index (κ1) is 16.7. The number of alkyl halides is 3. The summed E-state index contributed by atoms with van der Waals surface area (Å²) in [7, 11) is -3.54. The molecule has 8 heteroatoms. The van der Waals surface area contributed by atoms with Gasteiger partial charge in [0.15, 0.2) is 0 Å². The van der Waals surface area contributed by atoms with Gasteiger partial charge < -0.3 is 5.73 Å². The van der Waals surface area contributed by atoms with Crippen molar-refractivity contribution in [3.05, 3.63) is 0 Å². The number of nitrogens with two attached hydrogens (primary N) is 1. The summed E-state index contributed by atoms with van der Waals surface area (Å²) in [6.45, 7) is 1.39. The molecular formula is C11H21F3N2O2S. The van der Waals surface area contributed by atoms with Crippen LogP contribution in [0.3, 0.4) is 0 Å². The number of sulfonamides is 1. The van der Waals surface area contributed by atoms with Crippen LogP contribution < -0.4 is 5.73 Å². The zero-order chi connectivity index (χ0) is 14.5. The number of nitrogens with zero attached hydrogens (tertiary/aromatic N) is 1. The maximum atomic E-state index is 12.0. The van der Waals surface area contributed by atoms with Gasteiger partial charge in [0.2, 0.25) is 10.0 Å². The van der Waals surface area contributed by atoms with Crippen LogP contribution in [0.15, 0.2) is 0 Å². The summed E-state index contributed by atoms with van der Waals surface area (Å²) < 4.78 is 61.0. The quantitative estimate of drug-likeness (QED) is 0.812. The Balaban J connectivity index is 2.38. The molecule has 0 unspecified atom stereocenters. The fourth-order valence-corrected chi connectivity index (χ4v) is 3.83. The minimum atomic E-state index is -4.29. The molecular weight excluding hydrogens is 281 g/mol. The molecule has 1 heterocycles. The van der Waals surface area contributed by atoms with E-state index in [1.807, 2.05) is 0 Å². The molecule has 0 spiro atoms. The van der Waals surface area contributed by atoms with Crippen molar-refractivity contribution in [2.45, 2.75) is 38.3 Å². The van der Waals surface area contributed by atoms with E-state index in [0.29, 0.717) is 25.6 Å². The Labute approximate surface area is 112 Å². The molecule has 0 atom stereocenters. The number of rotatable bonds is 6. The first-order valence-corrected chi connectivity index (χ1v) is 8.10. The lowest BCUT2D eigenvalue weighted by molar-refractivity contribution is -0.134. The van der Waals surface area contributed by atoms with Gasteiger partial charge in [-0.15, -0.1) is 0 Å². The molecule has 0 radical (unpaired) electrons. The van der Waals surface area contributed by atoms with Crippen LogP contribution in [0, 0.1) is 5.92 Å². The summed E-state index contributed by atoms with van der Waals surface area (Å²) in [6, 6.07) is 0. The normalized spacial score (nSPS) is 19.8. The summed E-state index contributed by atoms with van der Waals surface area (Å²) in [5.41, 5.74) is 5.45. The van der Waals surface area contributed by atoms with E-state index in [-0.39, 0.29) is 6.42 Å². The molecule has 0 aliphatic carbocycles. The van der Waals surface area contributed by atoms with Crippen LogP contribution in [0.1, 0.15) is 32.1 Å². The van der Waals surface area contributed by atoms with Crippen molar-refractivity contribution in [2.24, 2.45) is 11.7 Å².